The number of amides is 1. The second kappa shape index (κ2) is 5.70. The molecule has 0 aliphatic heterocycles. The molecule has 3 nitrogen and oxygen atoms in total. The Morgan fingerprint density at radius 1 is 1.42 bits per heavy atom. The summed E-state index contributed by atoms with van der Waals surface area (Å²) in [5, 5.41) is 0. The van der Waals surface area contributed by atoms with Gasteiger partial charge in [0, 0.05) is 24.6 Å². The minimum atomic E-state index is 0.111. The van der Waals surface area contributed by atoms with Crippen LogP contribution in [0.5, 0.6) is 0 Å². The number of benzene rings is 1. The molecule has 102 valence electrons. The molecule has 0 unspecified atom stereocenters. The van der Waals surface area contributed by atoms with Crippen molar-refractivity contribution in [3.8, 4) is 0 Å². The fourth-order valence-corrected chi connectivity index (χ4v) is 2.30. The van der Waals surface area contributed by atoms with Gasteiger partial charge in [-0.1, -0.05) is 24.4 Å². The maximum atomic E-state index is 12.7. The lowest BCUT2D eigenvalue weighted by Crippen LogP contribution is -2.36. The van der Waals surface area contributed by atoms with Crippen molar-refractivity contribution in [2.75, 3.05) is 6.54 Å². The minimum Gasteiger partial charge on any atom is -0.393 e. The zero-order valence-corrected chi connectivity index (χ0v) is 12.3. The molecule has 2 rings (SSSR count). The number of nitrogens with two attached hydrogens (primary N) is 1. The second-order valence-electron chi connectivity index (χ2n) is 5.19. The highest BCUT2D eigenvalue weighted by molar-refractivity contribution is 7.80. The van der Waals surface area contributed by atoms with Crippen molar-refractivity contribution in [3.05, 3.63) is 34.9 Å². The lowest BCUT2D eigenvalue weighted by atomic mass is 10.0. The van der Waals surface area contributed by atoms with Crippen LogP contribution in [0.25, 0.3) is 0 Å². The number of aryl methyl sites for hydroxylation is 1. The van der Waals surface area contributed by atoms with Crippen LogP contribution in [0.15, 0.2) is 18.2 Å². The molecule has 0 saturated heterocycles. The Balaban J connectivity index is 2.19. The number of thiocarbonyl (C=S) groups is 1. The largest absolute Gasteiger partial charge is 0.393 e. The monoisotopic (exact) mass is 276 g/mol. The van der Waals surface area contributed by atoms with Crippen LogP contribution in [0.2, 0.25) is 0 Å². The van der Waals surface area contributed by atoms with E-state index in [0.29, 0.717) is 24.0 Å². The van der Waals surface area contributed by atoms with E-state index in [-0.39, 0.29) is 5.91 Å². The van der Waals surface area contributed by atoms with Crippen molar-refractivity contribution in [2.45, 2.75) is 39.2 Å². The quantitative estimate of drug-likeness (QED) is 0.841. The van der Waals surface area contributed by atoms with Crippen LogP contribution in [-0.2, 0) is 0 Å². The first-order valence-electron chi connectivity index (χ1n) is 6.66. The maximum Gasteiger partial charge on any atom is 0.254 e. The smallest absolute Gasteiger partial charge is 0.254 e. The van der Waals surface area contributed by atoms with Gasteiger partial charge >= 0.3 is 0 Å². The van der Waals surface area contributed by atoms with Gasteiger partial charge in [-0.2, -0.15) is 0 Å². The van der Waals surface area contributed by atoms with Gasteiger partial charge in [0.1, 0.15) is 0 Å². The Hall–Kier alpha value is -1.42. The molecule has 0 aromatic heterocycles. The topological polar surface area (TPSA) is 46.3 Å². The molecule has 0 spiro atoms. The SMILES string of the molecule is Cc1cccc(C(=O)N(CCC(N)=S)C2CC2)c1C. The van der Waals surface area contributed by atoms with E-state index in [4.69, 9.17) is 18.0 Å². The van der Waals surface area contributed by atoms with Crippen LogP contribution in [0.4, 0.5) is 0 Å². The average Bonchev–Trinajstić information content (AvgIpc) is 3.17. The fourth-order valence-electron chi connectivity index (χ4n) is 2.20. The number of hydrogen-bond donors (Lipinski definition) is 1. The first-order chi connectivity index (χ1) is 9.00. The molecular formula is C15H20N2OS. The second-order valence-corrected chi connectivity index (χ2v) is 5.72. The Labute approximate surface area is 119 Å². The fraction of sp³-hybridized carbons (Fsp3) is 0.467. The third kappa shape index (κ3) is 3.32. The van der Waals surface area contributed by atoms with E-state index in [1.54, 1.807) is 0 Å². The molecule has 1 aromatic carbocycles. The Bertz CT molecular complexity index is 509. The third-order valence-corrected chi connectivity index (χ3v) is 3.89. The average molecular weight is 276 g/mol. The van der Waals surface area contributed by atoms with Gasteiger partial charge < -0.3 is 10.6 Å². The van der Waals surface area contributed by atoms with Crippen LogP contribution in [0.3, 0.4) is 0 Å². The van der Waals surface area contributed by atoms with E-state index in [2.05, 4.69) is 0 Å². The van der Waals surface area contributed by atoms with Crippen LogP contribution in [0, 0.1) is 13.8 Å². The van der Waals surface area contributed by atoms with E-state index >= 15 is 0 Å². The highest BCUT2D eigenvalue weighted by Crippen LogP contribution is 2.29. The molecule has 0 atom stereocenters. The van der Waals surface area contributed by atoms with Crippen molar-refractivity contribution in [1.29, 1.82) is 0 Å². The zero-order chi connectivity index (χ0) is 14.0. The number of hydrogen-bond acceptors (Lipinski definition) is 2. The molecule has 1 aromatic rings. The minimum absolute atomic E-state index is 0.111. The van der Waals surface area contributed by atoms with Crippen LogP contribution < -0.4 is 5.73 Å². The molecule has 0 heterocycles. The Kier molecular flexibility index (Phi) is 4.20. The summed E-state index contributed by atoms with van der Waals surface area (Å²) in [4.78, 5) is 15.1. The van der Waals surface area contributed by atoms with E-state index in [1.807, 2.05) is 36.9 Å². The van der Waals surface area contributed by atoms with Crippen LogP contribution in [0.1, 0.15) is 40.7 Å². The highest BCUT2D eigenvalue weighted by Gasteiger charge is 2.33. The molecule has 1 saturated carbocycles. The number of carbonyl (C=O) groups excluding carboxylic acids is 1. The van der Waals surface area contributed by atoms with Crippen LogP contribution >= 0.6 is 12.2 Å². The van der Waals surface area contributed by atoms with Crippen LogP contribution in [-0.4, -0.2) is 28.4 Å². The molecule has 2 N–H and O–H groups in total. The van der Waals surface area contributed by atoms with Gasteiger partial charge in [0.05, 0.1) is 4.99 Å². The highest BCUT2D eigenvalue weighted by atomic mass is 32.1. The summed E-state index contributed by atoms with van der Waals surface area (Å²) < 4.78 is 0. The van der Waals surface area contributed by atoms with E-state index in [9.17, 15) is 4.79 Å². The van der Waals surface area contributed by atoms with Crippen molar-refractivity contribution in [1.82, 2.24) is 4.90 Å². The van der Waals surface area contributed by atoms with Gasteiger partial charge in [0.25, 0.3) is 5.91 Å². The van der Waals surface area contributed by atoms with Crippen molar-refractivity contribution < 1.29 is 4.79 Å². The van der Waals surface area contributed by atoms with Gasteiger partial charge in [-0.15, -0.1) is 0 Å². The summed E-state index contributed by atoms with van der Waals surface area (Å²) in [6.45, 7) is 4.66. The van der Waals surface area contributed by atoms with E-state index in [0.717, 1.165) is 29.5 Å². The molecule has 0 radical (unpaired) electrons. The molecule has 1 aliphatic carbocycles. The normalized spacial score (nSPS) is 14.2. The first kappa shape index (κ1) is 14.0. The van der Waals surface area contributed by atoms with E-state index in [1.165, 1.54) is 0 Å². The molecule has 1 amide bonds. The van der Waals surface area contributed by atoms with Gasteiger partial charge in [-0.25, -0.2) is 0 Å². The van der Waals surface area contributed by atoms with Gasteiger partial charge in [-0.05, 0) is 43.9 Å². The predicted molar refractivity (Wildman–Crippen MR) is 81.4 cm³/mol. The Morgan fingerprint density at radius 2 is 2.11 bits per heavy atom. The Morgan fingerprint density at radius 3 is 2.68 bits per heavy atom. The zero-order valence-electron chi connectivity index (χ0n) is 11.5. The van der Waals surface area contributed by atoms with E-state index < -0.39 is 0 Å². The summed E-state index contributed by atoms with van der Waals surface area (Å²) in [5.74, 6) is 0.111. The summed E-state index contributed by atoms with van der Waals surface area (Å²) in [6, 6.07) is 6.25. The van der Waals surface area contributed by atoms with Crippen molar-refractivity contribution >= 4 is 23.1 Å². The third-order valence-electron chi connectivity index (χ3n) is 3.68. The lowest BCUT2D eigenvalue weighted by Gasteiger charge is -2.23. The summed E-state index contributed by atoms with van der Waals surface area (Å²) in [7, 11) is 0. The van der Waals surface area contributed by atoms with Crippen molar-refractivity contribution in [3.63, 3.8) is 0 Å². The molecule has 1 aliphatic rings. The molecule has 0 bridgehead atoms. The molecule has 4 heteroatoms. The summed E-state index contributed by atoms with van der Waals surface area (Å²) in [5.41, 5.74) is 8.56. The van der Waals surface area contributed by atoms with Crippen molar-refractivity contribution in [2.24, 2.45) is 5.73 Å². The number of rotatable bonds is 5. The van der Waals surface area contributed by atoms with Gasteiger partial charge in [-0.3, -0.25) is 4.79 Å². The summed E-state index contributed by atoms with van der Waals surface area (Å²) in [6.07, 6.45) is 2.78. The predicted octanol–water partition coefficient (Wildman–Crippen LogP) is 2.58. The van der Waals surface area contributed by atoms with Gasteiger partial charge in [0.2, 0.25) is 0 Å². The molecule has 19 heavy (non-hydrogen) atoms. The maximum absolute atomic E-state index is 12.7. The van der Waals surface area contributed by atoms with Gasteiger partial charge in [0.15, 0.2) is 0 Å². The molecule has 1 fully saturated rings. The molecular weight excluding hydrogens is 256 g/mol. The number of nitrogens with zero attached hydrogens (tertiary/aromatic N) is 1. The first-order valence-corrected chi connectivity index (χ1v) is 7.07. The lowest BCUT2D eigenvalue weighted by molar-refractivity contribution is 0.0747. The standard InChI is InChI=1S/C15H20N2OS/c1-10-4-3-5-13(11(10)2)15(18)17(12-6-7-12)9-8-14(16)19/h3-5,12H,6-9H2,1-2H3,(H2,16,19). The number of carbonyl (C=O) groups is 1. The summed E-state index contributed by atoms with van der Waals surface area (Å²) >= 11 is 4.91.